The zero-order valence-electron chi connectivity index (χ0n) is 11.3. The van der Waals surface area contributed by atoms with Gasteiger partial charge in [0.15, 0.2) is 0 Å². The standard InChI is InChI=1S/C11H16N4O5/c1-13-7-9(15(17)18)11(12-13)14-3-4-20-8(6-14)5-10(16)19-2/h7-8H,3-6H2,1-2H3. The zero-order chi connectivity index (χ0) is 14.7. The van der Waals surface area contributed by atoms with Crippen LogP contribution in [0.15, 0.2) is 6.20 Å². The lowest BCUT2D eigenvalue weighted by Gasteiger charge is -2.32. The molecule has 1 fully saturated rings. The number of nitro groups is 1. The quantitative estimate of drug-likeness (QED) is 0.439. The van der Waals surface area contributed by atoms with Gasteiger partial charge < -0.3 is 14.4 Å². The highest BCUT2D eigenvalue weighted by molar-refractivity contribution is 5.70. The molecular formula is C11H16N4O5. The summed E-state index contributed by atoms with van der Waals surface area (Å²) in [6.45, 7) is 1.25. The maximum Gasteiger partial charge on any atom is 0.330 e. The Hall–Kier alpha value is -2.16. The van der Waals surface area contributed by atoms with Crippen LogP contribution in [0.25, 0.3) is 0 Å². The highest BCUT2D eigenvalue weighted by Gasteiger charge is 2.30. The molecule has 20 heavy (non-hydrogen) atoms. The lowest BCUT2D eigenvalue weighted by atomic mass is 10.2. The molecule has 0 aliphatic carbocycles. The number of anilines is 1. The van der Waals surface area contributed by atoms with Gasteiger partial charge in [-0.3, -0.25) is 19.6 Å². The van der Waals surface area contributed by atoms with Crippen molar-refractivity contribution in [3.8, 4) is 0 Å². The van der Waals surface area contributed by atoms with Crippen molar-refractivity contribution < 1.29 is 19.2 Å². The monoisotopic (exact) mass is 284 g/mol. The first kappa shape index (κ1) is 14.3. The van der Waals surface area contributed by atoms with Crippen molar-refractivity contribution in [3.63, 3.8) is 0 Å². The molecule has 2 heterocycles. The molecule has 0 N–H and O–H groups in total. The van der Waals surface area contributed by atoms with Gasteiger partial charge in [-0.1, -0.05) is 0 Å². The van der Waals surface area contributed by atoms with Gasteiger partial charge in [-0.05, 0) is 0 Å². The molecule has 0 saturated carbocycles. The highest BCUT2D eigenvalue weighted by Crippen LogP contribution is 2.27. The van der Waals surface area contributed by atoms with Crippen molar-refractivity contribution in [3.05, 3.63) is 16.3 Å². The van der Waals surface area contributed by atoms with E-state index in [1.807, 2.05) is 0 Å². The number of carbonyl (C=O) groups is 1. The lowest BCUT2D eigenvalue weighted by Crippen LogP contribution is -2.44. The number of aryl methyl sites for hydroxylation is 1. The third-order valence-corrected chi connectivity index (χ3v) is 3.05. The van der Waals surface area contributed by atoms with E-state index in [0.29, 0.717) is 25.5 Å². The second kappa shape index (κ2) is 5.87. The number of ether oxygens (including phenoxy) is 2. The van der Waals surface area contributed by atoms with Gasteiger partial charge in [0.05, 0.1) is 31.2 Å². The molecule has 1 aromatic rings. The minimum Gasteiger partial charge on any atom is -0.469 e. The summed E-state index contributed by atoms with van der Waals surface area (Å²) >= 11 is 0. The summed E-state index contributed by atoms with van der Waals surface area (Å²) in [6, 6.07) is 0. The normalized spacial score (nSPS) is 18.9. The lowest BCUT2D eigenvalue weighted by molar-refractivity contribution is -0.384. The van der Waals surface area contributed by atoms with Crippen molar-refractivity contribution in [2.24, 2.45) is 7.05 Å². The van der Waals surface area contributed by atoms with Gasteiger partial charge >= 0.3 is 11.7 Å². The molecule has 110 valence electrons. The predicted octanol–water partition coefficient (Wildman–Crippen LogP) is 0.0966. The molecule has 9 heteroatoms. The Labute approximate surface area is 115 Å². The van der Waals surface area contributed by atoms with E-state index in [2.05, 4.69) is 9.84 Å². The molecule has 0 spiro atoms. The van der Waals surface area contributed by atoms with Crippen LogP contribution in [0.2, 0.25) is 0 Å². The summed E-state index contributed by atoms with van der Waals surface area (Å²) in [7, 11) is 2.94. The summed E-state index contributed by atoms with van der Waals surface area (Å²) in [5.41, 5.74) is -0.0498. The van der Waals surface area contributed by atoms with E-state index in [0.717, 1.165) is 0 Å². The maximum absolute atomic E-state index is 11.3. The number of hydrogen-bond acceptors (Lipinski definition) is 7. The molecule has 9 nitrogen and oxygen atoms in total. The number of methoxy groups -OCH3 is 1. The van der Waals surface area contributed by atoms with Crippen molar-refractivity contribution in [1.29, 1.82) is 0 Å². The molecule has 1 unspecified atom stereocenters. The molecule has 1 aliphatic heterocycles. The number of esters is 1. The Kier molecular flexibility index (Phi) is 4.18. The average Bonchev–Trinajstić information content (AvgIpc) is 2.81. The molecule has 1 aliphatic rings. The van der Waals surface area contributed by atoms with E-state index < -0.39 is 4.92 Å². The fraction of sp³-hybridized carbons (Fsp3) is 0.636. The van der Waals surface area contributed by atoms with Gasteiger partial charge in [0.25, 0.3) is 0 Å². The topological polar surface area (TPSA) is 99.7 Å². The molecule has 0 radical (unpaired) electrons. The first-order valence-electron chi connectivity index (χ1n) is 6.12. The summed E-state index contributed by atoms with van der Waals surface area (Å²) in [5.74, 6) is -0.0666. The number of morpholine rings is 1. The van der Waals surface area contributed by atoms with Gasteiger partial charge in [0, 0.05) is 20.1 Å². The third kappa shape index (κ3) is 3.05. The van der Waals surface area contributed by atoms with E-state index in [-0.39, 0.29) is 24.2 Å². The van der Waals surface area contributed by atoms with Crippen LogP contribution in [0.1, 0.15) is 6.42 Å². The van der Waals surface area contributed by atoms with Crippen molar-refractivity contribution in [2.45, 2.75) is 12.5 Å². The van der Waals surface area contributed by atoms with E-state index in [1.165, 1.54) is 18.0 Å². The van der Waals surface area contributed by atoms with Crippen LogP contribution in [0.5, 0.6) is 0 Å². The second-order valence-electron chi connectivity index (χ2n) is 4.49. The Bertz CT molecular complexity index is 515. The average molecular weight is 284 g/mol. The van der Waals surface area contributed by atoms with Gasteiger partial charge in [-0.25, -0.2) is 0 Å². The second-order valence-corrected chi connectivity index (χ2v) is 4.49. The predicted molar refractivity (Wildman–Crippen MR) is 68.4 cm³/mol. The van der Waals surface area contributed by atoms with Crippen LogP contribution in [-0.2, 0) is 21.3 Å². The minimum absolute atomic E-state index is 0.0498. The molecule has 2 rings (SSSR count). The van der Waals surface area contributed by atoms with Crippen LogP contribution in [-0.4, -0.2) is 53.6 Å². The van der Waals surface area contributed by atoms with E-state index in [9.17, 15) is 14.9 Å². The van der Waals surface area contributed by atoms with Crippen LogP contribution < -0.4 is 4.90 Å². The maximum atomic E-state index is 11.3. The molecule has 1 atom stereocenters. The summed E-state index contributed by atoms with van der Waals surface area (Å²) in [5, 5.41) is 15.1. The highest BCUT2D eigenvalue weighted by atomic mass is 16.6. The minimum atomic E-state index is -0.465. The Morgan fingerprint density at radius 2 is 2.45 bits per heavy atom. The first-order valence-corrected chi connectivity index (χ1v) is 6.12. The van der Waals surface area contributed by atoms with Gasteiger partial charge in [-0.15, -0.1) is 5.10 Å². The van der Waals surface area contributed by atoms with E-state index in [4.69, 9.17) is 4.74 Å². The van der Waals surface area contributed by atoms with Crippen molar-refractivity contribution in [1.82, 2.24) is 9.78 Å². The number of rotatable bonds is 4. The van der Waals surface area contributed by atoms with Crippen LogP contribution in [0.3, 0.4) is 0 Å². The molecule has 0 bridgehead atoms. The first-order chi connectivity index (χ1) is 9.51. The molecular weight excluding hydrogens is 268 g/mol. The van der Waals surface area contributed by atoms with Crippen LogP contribution in [0.4, 0.5) is 11.5 Å². The Balaban J connectivity index is 2.12. The summed E-state index contributed by atoms with van der Waals surface area (Å²) in [6.07, 6.45) is 1.13. The fourth-order valence-electron chi connectivity index (χ4n) is 2.12. The number of hydrogen-bond donors (Lipinski definition) is 0. The summed E-state index contributed by atoms with van der Waals surface area (Å²) < 4.78 is 11.5. The van der Waals surface area contributed by atoms with Gasteiger partial charge in [0.1, 0.15) is 6.20 Å². The summed E-state index contributed by atoms with van der Waals surface area (Å²) in [4.78, 5) is 23.6. The number of carbonyl (C=O) groups excluding carboxylic acids is 1. The number of aromatic nitrogens is 2. The van der Waals surface area contributed by atoms with Crippen LogP contribution >= 0.6 is 0 Å². The number of nitrogens with zero attached hydrogens (tertiary/aromatic N) is 4. The Morgan fingerprint density at radius 1 is 1.70 bits per heavy atom. The third-order valence-electron chi connectivity index (χ3n) is 3.05. The Morgan fingerprint density at radius 3 is 3.10 bits per heavy atom. The fourth-order valence-corrected chi connectivity index (χ4v) is 2.12. The molecule has 0 amide bonds. The van der Waals surface area contributed by atoms with E-state index >= 15 is 0 Å². The smallest absolute Gasteiger partial charge is 0.330 e. The van der Waals surface area contributed by atoms with Crippen molar-refractivity contribution >= 4 is 17.5 Å². The van der Waals surface area contributed by atoms with Gasteiger partial charge in [0.2, 0.25) is 5.82 Å². The molecule has 0 aromatic carbocycles. The largest absolute Gasteiger partial charge is 0.469 e. The van der Waals surface area contributed by atoms with Crippen molar-refractivity contribution in [2.75, 3.05) is 31.7 Å². The van der Waals surface area contributed by atoms with E-state index in [1.54, 1.807) is 11.9 Å². The van der Waals surface area contributed by atoms with Gasteiger partial charge in [-0.2, -0.15) is 0 Å². The zero-order valence-corrected chi connectivity index (χ0v) is 11.3. The van der Waals surface area contributed by atoms with Crippen LogP contribution in [0, 0.1) is 10.1 Å². The molecule has 1 aromatic heterocycles. The SMILES string of the molecule is COC(=O)CC1CN(c2nn(C)cc2[N+](=O)[O-])CCO1. The molecule has 1 saturated heterocycles.